The molecular weight excluding hydrogens is 336 g/mol. The van der Waals surface area contributed by atoms with Gasteiger partial charge in [0.25, 0.3) is 0 Å². The third-order valence-electron chi connectivity index (χ3n) is 3.49. The number of imidazole rings is 1. The molecule has 26 heavy (non-hydrogen) atoms. The SMILES string of the molecule is CCCOC(=O)c1cccc(N=Nc2c(C(=O)O)nc3ccccn23)c1. The molecule has 0 bridgehead atoms. The van der Waals surface area contributed by atoms with Crippen molar-refractivity contribution in [2.75, 3.05) is 6.61 Å². The van der Waals surface area contributed by atoms with Gasteiger partial charge in [0.15, 0.2) is 11.5 Å². The molecule has 0 radical (unpaired) electrons. The van der Waals surface area contributed by atoms with Crippen LogP contribution in [-0.2, 0) is 4.74 Å². The number of hydrogen-bond donors (Lipinski definition) is 1. The first-order valence-corrected chi connectivity index (χ1v) is 7.99. The van der Waals surface area contributed by atoms with Crippen LogP contribution in [0.1, 0.15) is 34.2 Å². The monoisotopic (exact) mass is 352 g/mol. The Hall–Kier alpha value is -3.55. The fourth-order valence-corrected chi connectivity index (χ4v) is 2.30. The summed E-state index contributed by atoms with van der Waals surface area (Å²) < 4.78 is 6.62. The summed E-state index contributed by atoms with van der Waals surface area (Å²) in [7, 11) is 0. The van der Waals surface area contributed by atoms with Crippen LogP contribution in [0.5, 0.6) is 0 Å². The van der Waals surface area contributed by atoms with Crippen molar-refractivity contribution in [1.29, 1.82) is 0 Å². The Morgan fingerprint density at radius 3 is 2.81 bits per heavy atom. The summed E-state index contributed by atoms with van der Waals surface area (Å²) in [5, 5.41) is 17.4. The van der Waals surface area contributed by atoms with Crippen LogP contribution in [0.4, 0.5) is 11.5 Å². The highest BCUT2D eigenvalue weighted by Gasteiger charge is 2.18. The summed E-state index contributed by atoms with van der Waals surface area (Å²) >= 11 is 0. The standard InChI is InChI=1S/C18H16N4O4/c1-2-10-26-18(25)12-6-5-7-13(11-12)20-21-16-15(17(23)24)19-14-8-3-4-9-22(14)16/h3-9,11H,2,10H2,1H3,(H,23,24). The van der Waals surface area contributed by atoms with Gasteiger partial charge in [-0.15, -0.1) is 10.2 Å². The van der Waals surface area contributed by atoms with Crippen molar-refractivity contribution in [2.45, 2.75) is 13.3 Å². The maximum Gasteiger partial charge on any atom is 0.358 e. The summed E-state index contributed by atoms with van der Waals surface area (Å²) in [6.07, 6.45) is 2.39. The lowest BCUT2D eigenvalue weighted by atomic mass is 10.2. The normalized spacial score (nSPS) is 11.1. The minimum Gasteiger partial charge on any atom is -0.476 e. The minimum absolute atomic E-state index is 0.104. The van der Waals surface area contributed by atoms with Crippen LogP contribution in [-0.4, -0.2) is 33.0 Å². The van der Waals surface area contributed by atoms with Crippen molar-refractivity contribution in [1.82, 2.24) is 9.38 Å². The summed E-state index contributed by atoms with van der Waals surface area (Å²) in [5.74, 6) is -1.53. The van der Waals surface area contributed by atoms with Crippen LogP contribution in [0.15, 0.2) is 58.9 Å². The molecular formula is C18H16N4O4. The van der Waals surface area contributed by atoms with Gasteiger partial charge in [0.05, 0.1) is 17.9 Å². The Bertz CT molecular complexity index is 994. The van der Waals surface area contributed by atoms with E-state index < -0.39 is 11.9 Å². The predicted molar refractivity (Wildman–Crippen MR) is 93.3 cm³/mol. The Balaban J connectivity index is 1.93. The highest BCUT2D eigenvalue weighted by Crippen LogP contribution is 2.24. The van der Waals surface area contributed by atoms with Crippen LogP contribution < -0.4 is 0 Å². The highest BCUT2D eigenvalue weighted by atomic mass is 16.5. The Labute approximate surface area is 148 Å². The van der Waals surface area contributed by atoms with E-state index in [1.165, 1.54) is 10.5 Å². The molecule has 0 aliphatic carbocycles. The van der Waals surface area contributed by atoms with Crippen LogP contribution >= 0.6 is 0 Å². The van der Waals surface area contributed by atoms with E-state index in [9.17, 15) is 14.7 Å². The van der Waals surface area contributed by atoms with E-state index in [2.05, 4.69) is 15.2 Å². The van der Waals surface area contributed by atoms with E-state index in [0.717, 1.165) is 6.42 Å². The molecule has 3 rings (SSSR count). The second kappa shape index (κ2) is 7.56. The van der Waals surface area contributed by atoms with Gasteiger partial charge < -0.3 is 9.84 Å². The molecule has 2 heterocycles. The third-order valence-corrected chi connectivity index (χ3v) is 3.49. The number of aromatic nitrogens is 2. The van der Waals surface area contributed by atoms with Crippen molar-refractivity contribution in [2.24, 2.45) is 10.2 Å². The number of carbonyl (C=O) groups excluding carboxylic acids is 1. The lowest BCUT2D eigenvalue weighted by molar-refractivity contribution is 0.0504. The number of ether oxygens (including phenoxy) is 1. The van der Waals surface area contributed by atoms with Crippen molar-refractivity contribution in [3.63, 3.8) is 0 Å². The average molecular weight is 352 g/mol. The number of aromatic carboxylic acids is 1. The molecule has 1 N–H and O–H groups in total. The number of fused-ring (bicyclic) bond motifs is 1. The molecule has 0 aliphatic rings. The lowest BCUT2D eigenvalue weighted by Crippen LogP contribution is -2.05. The van der Waals surface area contributed by atoms with Gasteiger partial charge in [0.1, 0.15) is 5.65 Å². The number of carbonyl (C=O) groups is 2. The fourth-order valence-electron chi connectivity index (χ4n) is 2.30. The molecule has 2 aromatic heterocycles. The molecule has 0 aliphatic heterocycles. The largest absolute Gasteiger partial charge is 0.476 e. The molecule has 3 aromatic rings. The maximum absolute atomic E-state index is 11.9. The van der Waals surface area contributed by atoms with E-state index in [1.54, 1.807) is 42.6 Å². The zero-order chi connectivity index (χ0) is 18.5. The first-order chi connectivity index (χ1) is 12.6. The molecule has 1 aromatic carbocycles. The van der Waals surface area contributed by atoms with E-state index >= 15 is 0 Å². The molecule has 8 heteroatoms. The van der Waals surface area contributed by atoms with Crippen molar-refractivity contribution in [3.8, 4) is 0 Å². The van der Waals surface area contributed by atoms with Crippen molar-refractivity contribution < 1.29 is 19.4 Å². The van der Waals surface area contributed by atoms with Crippen LogP contribution in [0.25, 0.3) is 5.65 Å². The van der Waals surface area contributed by atoms with Crippen LogP contribution in [0.2, 0.25) is 0 Å². The lowest BCUT2D eigenvalue weighted by Gasteiger charge is -2.03. The van der Waals surface area contributed by atoms with Crippen molar-refractivity contribution in [3.05, 3.63) is 59.9 Å². The summed E-state index contributed by atoms with van der Waals surface area (Å²) in [6.45, 7) is 2.25. The number of rotatable bonds is 6. The Kier molecular flexibility index (Phi) is 5.02. The number of carboxylic acids is 1. The number of azo groups is 1. The van der Waals surface area contributed by atoms with Crippen LogP contribution in [0.3, 0.4) is 0 Å². The van der Waals surface area contributed by atoms with Crippen molar-refractivity contribution >= 4 is 29.1 Å². The molecule has 132 valence electrons. The van der Waals surface area contributed by atoms with Gasteiger partial charge in [-0.05, 0) is 36.8 Å². The Morgan fingerprint density at radius 1 is 1.19 bits per heavy atom. The third kappa shape index (κ3) is 3.59. The molecule has 0 atom stereocenters. The van der Waals surface area contributed by atoms with Gasteiger partial charge in [0.2, 0.25) is 0 Å². The second-order valence-corrected chi connectivity index (χ2v) is 5.40. The van der Waals surface area contributed by atoms with E-state index in [0.29, 0.717) is 23.5 Å². The zero-order valence-corrected chi connectivity index (χ0v) is 14.0. The smallest absolute Gasteiger partial charge is 0.358 e. The van der Waals surface area contributed by atoms with Gasteiger partial charge in [-0.1, -0.05) is 19.1 Å². The van der Waals surface area contributed by atoms with Gasteiger partial charge >= 0.3 is 11.9 Å². The molecule has 0 spiro atoms. The van der Waals surface area contributed by atoms with E-state index in [-0.39, 0.29) is 11.5 Å². The first kappa shape index (κ1) is 17.3. The van der Waals surface area contributed by atoms with Gasteiger partial charge in [-0.2, -0.15) is 0 Å². The summed E-state index contributed by atoms with van der Waals surface area (Å²) in [5.41, 5.74) is 1.01. The number of hydrogen-bond acceptors (Lipinski definition) is 6. The quantitative estimate of drug-likeness (QED) is 0.533. The molecule has 0 fully saturated rings. The van der Waals surface area contributed by atoms with Gasteiger partial charge in [-0.25, -0.2) is 14.6 Å². The maximum atomic E-state index is 11.9. The molecule has 8 nitrogen and oxygen atoms in total. The zero-order valence-electron chi connectivity index (χ0n) is 14.0. The second-order valence-electron chi connectivity index (χ2n) is 5.40. The molecule has 0 saturated heterocycles. The molecule has 0 amide bonds. The number of nitrogens with zero attached hydrogens (tertiary/aromatic N) is 4. The fraction of sp³-hybridized carbons (Fsp3) is 0.167. The number of esters is 1. The highest BCUT2D eigenvalue weighted by molar-refractivity contribution is 5.92. The molecule has 0 saturated carbocycles. The number of benzene rings is 1. The average Bonchev–Trinajstić information content (AvgIpc) is 3.03. The Morgan fingerprint density at radius 2 is 2.04 bits per heavy atom. The van der Waals surface area contributed by atoms with E-state index in [1.807, 2.05) is 6.92 Å². The minimum atomic E-state index is -1.19. The molecule has 0 unspecified atom stereocenters. The number of carboxylic acid groups (broad SMARTS) is 1. The summed E-state index contributed by atoms with van der Waals surface area (Å²) in [6, 6.07) is 11.6. The first-order valence-electron chi connectivity index (χ1n) is 7.99. The van der Waals surface area contributed by atoms with E-state index in [4.69, 9.17) is 4.74 Å². The summed E-state index contributed by atoms with van der Waals surface area (Å²) in [4.78, 5) is 27.4. The predicted octanol–water partition coefficient (Wildman–Crippen LogP) is 4.01. The topological polar surface area (TPSA) is 106 Å². The number of pyridine rings is 1. The van der Waals surface area contributed by atoms with Gasteiger partial charge in [-0.3, -0.25) is 4.40 Å². The van der Waals surface area contributed by atoms with Gasteiger partial charge in [0, 0.05) is 6.20 Å². The van der Waals surface area contributed by atoms with Crippen LogP contribution in [0, 0.1) is 0 Å².